The second-order valence-electron chi connectivity index (χ2n) is 4.96. The minimum Gasteiger partial charge on any atom is -0.496 e. The van der Waals surface area contributed by atoms with Gasteiger partial charge in [-0.2, -0.15) is 0 Å². The number of nitrogens with zero attached hydrogens (tertiary/aromatic N) is 1. The lowest BCUT2D eigenvalue weighted by Crippen LogP contribution is -2.04. The zero-order chi connectivity index (χ0) is 16.4. The maximum absolute atomic E-state index is 13.2. The van der Waals surface area contributed by atoms with Crippen molar-refractivity contribution in [2.24, 2.45) is 0 Å². The molecule has 0 aliphatic rings. The first-order valence-electron chi connectivity index (χ1n) is 6.89. The van der Waals surface area contributed by atoms with Crippen LogP contribution >= 0.6 is 27.5 Å². The molecule has 1 N–H and O–H groups in total. The van der Waals surface area contributed by atoms with Gasteiger partial charge in [0.05, 0.1) is 12.6 Å². The smallest absolute Gasteiger partial charge is 0.128 e. The highest BCUT2D eigenvalue weighted by atomic mass is 79.9. The van der Waals surface area contributed by atoms with E-state index in [1.165, 1.54) is 19.2 Å². The first-order valence-corrected chi connectivity index (χ1v) is 8.06. The highest BCUT2D eigenvalue weighted by molar-refractivity contribution is 9.10. The first-order chi connectivity index (χ1) is 11.1. The first kappa shape index (κ1) is 16.0. The van der Waals surface area contributed by atoms with Crippen LogP contribution < -0.4 is 10.1 Å². The van der Waals surface area contributed by atoms with Crippen molar-refractivity contribution in [1.82, 2.24) is 4.98 Å². The molecule has 0 bridgehead atoms. The third-order valence-corrected chi connectivity index (χ3v) is 4.32. The van der Waals surface area contributed by atoms with Crippen LogP contribution in [0.3, 0.4) is 0 Å². The third-order valence-electron chi connectivity index (χ3n) is 3.43. The topological polar surface area (TPSA) is 34.1 Å². The van der Waals surface area contributed by atoms with Gasteiger partial charge < -0.3 is 10.1 Å². The van der Waals surface area contributed by atoms with Crippen LogP contribution in [0.1, 0.15) is 5.56 Å². The van der Waals surface area contributed by atoms with Crippen molar-refractivity contribution in [1.29, 1.82) is 0 Å². The second-order valence-corrected chi connectivity index (χ2v) is 6.25. The molecule has 0 amide bonds. The largest absolute Gasteiger partial charge is 0.496 e. The molecule has 0 atom stereocenters. The van der Waals surface area contributed by atoms with Crippen LogP contribution in [0.4, 0.5) is 10.2 Å². The van der Waals surface area contributed by atoms with Crippen molar-refractivity contribution in [2.45, 2.75) is 6.54 Å². The van der Waals surface area contributed by atoms with Gasteiger partial charge in [-0.3, -0.25) is 0 Å². The third kappa shape index (κ3) is 3.57. The van der Waals surface area contributed by atoms with Gasteiger partial charge in [-0.25, -0.2) is 9.37 Å². The van der Waals surface area contributed by atoms with E-state index >= 15 is 0 Å². The van der Waals surface area contributed by atoms with Gasteiger partial charge in [0.15, 0.2) is 0 Å². The maximum atomic E-state index is 13.2. The number of halogens is 3. The number of hydrogen-bond donors (Lipinski definition) is 1. The van der Waals surface area contributed by atoms with Gasteiger partial charge in [0.2, 0.25) is 0 Å². The number of rotatable bonds is 4. The lowest BCUT2D eigenvalue weighted by Gasteiger charge is -2.11. The van der Waals surface area contributed by atoms with Crippen molar-refractivity contribution < 1.29 is 9.13 Å². The van der Waals surface area contributed by atoms with Crippen molar-refractivity contribution in [3.05, 3.63) is 63.3 Å². The fourth-order valence-electron chi connectivity index (χ4n) is 2.30. The van der Waals surface area contributed by atoms with Crippen molar-refractivity contribution >= 4 is 44.3 Å². The van der Waals surface area contributed by atoms with Gasteiger partial charge in [-0.1, -0.05) is 17.7 Å². The lowest BCUT2D eigenvalue weighted by molar-refractivity contribution is 0.406. The highest BCUT2D eigenvalue weighted by Gasteiger charge is 2.07. The Balaban J connectivity index is 1.86. The van der Waals surface area contributed by atoms with Crippen LogP contribution in [0.15, 0.2) is 46.9 Å². The van der Waals surface area contributed by atoms with Gasteiger partial charge in [0, 0.05) is 33.1 Å². The minimum atomic E-state index is -0.325. The molecule has 1 heterocycles. The summed E-state index contributed by atoms with van der Waals surface area (Å²) in [4.78, 5) is 4.55. The van der Waals surface area contributed by atoms with Crippen LogP contribution in [-0.2, 0) is 6.54 Å². The molecule has 0 aliphatic carbocycles. The zero-order valence-corrected chi connectivity index (χ0v) is 14.6. The summed E-state index contributed by atoms with van der Waals surface area (Å²) in [5, 5.41) is 4.84. The van der Waals surface area contributed by atoms with E-state index in [1.54, 1.807) is 12.1 Å². The quantitative estimate of drug-likeness (QED) is 0.641. The molecule has 2 aromatic carbocycles. The molecule has 0 unspecified atom stereocenters. The molecular weight excluding hydrogens is 383 g/mol. The van der Waals surface area contributed by atoms with Crippen LogP contribution in [-0.4, -0.2) is 12.1 Å². The summed E-state index contributed by atoms with van der Waals surface area (Å²) in [5.41, 5.74) is 1.68. The molecular formula is C17H13BrClFN2O. The molecule has 0 saturated heterocycles. The predicted molar refractivity (Wildman–Crippen MR) is 94.7 cm³/mol. The average Bonchev–Trinajstić information content (AvgIpc) is 2.54. The number of ether oxygens (including phenoxy) is 1. The number of anilines is 1. The zero-order valence-electron chi connectivity index (χ0n) is 12.2. The Bertz CT molecular complexity index is 873. The average molecular weight is 396 g/mol. The molecule has 1 aromatic heterocycles. The van der Waals surface area contributed by atoms with E-state index in [9.17, 15) is 4.39 Å². The van der Waals surface area contributed by atoms with Gasteiger partial charge >= 0.3 is 0 Å². The lowest BCUT2D eigenvalue weighted by atomic mass is 10.2. The molecule has 0 saturated carbocycles. The second kappa shape index (κ2) is 6.72. The number of fused-ring (bicyclic) bond motifs is 1. The normalized spacial score (nSPS) is 10.8. The number of aromatic nitrogens is 1. The Morgan fingerprint density at radius 1 is 1.22 bits per heavy atom. The molecule has 0 fully saturated rings. The molecule has 3 nitrogen and oxygen atoms in total. The summed E-state index contributed by atoms with van der Waals surface area (Å²) in [7, 11) is 1.52. The molecule has 0 radical (unpaired) electrons. The summed E-state index contributed by atoms with van der Waals surface area (Å²) in [6.07, 6.45) is 0. The van der Waals surface area contributed by atoms with Crippen molar-refractivity contribution in [3.8, 4) is 5.75 Å². The Morgan fingerprint density at radius 3 is 2.83 bits per heavy atom. The molecule has 6 heteroatoms. The fourth-order valence-corrected chi connectivity index (χ4v) is 3.00. The molecule has 0 spiro atoms. The SMILES string of the molecule is COc1cc(F)ccc1CNc1cc(Br)c2cc(Cl)ccc2n1. The summed E-state index contributed by atoms with van der Waals surface area (Å²) in [6, 6.07) is 11.9. The molecule has 118 valence electrons. The highest BCUT2D eigenvalue weighted by Crippen LogP contribution is 2.28. The van der Waals surface area contributed by atoms with Crippen LogP contribution in [0, 0.1) is 5.82 Å². The van der Waals surface area contributed by atoms with Crippen molar-refractivity contribution in [3.63, 3.8) is 0 Å². The van der Waals surface area contributed by atoms with E-state index in [1.807, 2.05) is 18.2 Å². The van der Waals surface area contributed by atoms with E-state index in [4.69, 9.17) is 16.3 Å². The van der Waals surface area contributed by atoms with Crippen molar-refractivity contribution in [2.75, 3.05) is 12.4 Å². The minimum absolute atomic E-state index is 0.325. The number of benzene rings is 2. The van der Waals surface area contributed by atoms with Gasteiger partial charge in [0.1, 0.15) is 17.4 Å². The van der Waals surface area contributed by atoms with E-state index in [-0.39, 0.29) is 5.82 Å². The summed E-state index contributed by atoms with van der Waals surface area (Å²) >= 11 is 9.54. The summed E-state index contributed by atoms with van der Waals surface area (Å²) < 4.78 is 19.3. The predicted octanol–water partition coefficient (Wildman–Crippen LogP) is 5.41. The molecule has 3 aromatic rings. The fraction of sp³-hybridized carbons (Fsp3) is 0.118. The molecule has 3 rings (SSSR count). The van der Waals surface area contributed by atoms with Crippen LogP contribution in [0.25, 0.3) is 10.9 Å². The Kier molecular flexibility index (Phi) is 4.68. The number of methoxy groups -OCH3 is 1. The van der Waals surface area contributed by atoms with Crippen LogP contribution in [0.2, 0.25) is 5.02 Å². The van der Waals surface area contributed by atoms with E-state index in [0.29, 0.717) is 23.1 Å². The maximum Gasteiger partial charge on any atom is 0.128 e. The van der Waals surface area contributed by atoms with Gasteiger partial charge in [-0.15, -0.1) is 0 Å². The number of nitrogens with one attached hydrogen (secondary N) is 1. The summed E-state index contributed by atoms with van der Waals surface area (Å²) in [5.74, 6) is 0.885. The van der Waals surface area contributed by atoms with Gasteiger partial charge in [-0.05, 0) is 46.3 Å². The van der Waals surface area contributed by atoms with E-state index < -0.39 is 0 Å². The Hall–Kier alpha value is -1.85. The molecule has 0 aliphatic heterocycles. The standard InChI is InChI=1S/C17H13BrClFN2O/c1-23-16-7-12(20)4-2-10(16)9-21-17-8-14(18)13-6-11(19)3-5-15(13)22-17/h2-8H,9H2,1H3,(H,21,22). The number of hydrogen-bond acceptors (Lipinski definition) is 3. The van der Waals surface area contributed by atoms with E-state index in [2.05, 4.69) is 26.2 Å². The van der Waals surface area contributed by atoms with E-state index in [0.717, 1.165) is 20.9 Å². The monoisotopic (exact) mass is 394 g/mol. The number of pyridine rings is 1. The Morgan fingerprint density at radius 2 is 2.04 bits per heavy atom. The van der Waals surface area contributed by atoms with Crippen LogP contribution in [0.5, 0.6) is 5.75 Å². The summed E-state index contributed by atoms with van der Waals surface area (Å²) in [6.45, 7) is 0.474. The Labute approximate surface area is 146 Å². The molecule has 23 heavy (non-hydrogen) atoms. The van der Waals surface area contributed by atoms with Gasteiger partial charge in [0.25, 0.3) is 0 Å².